The normalized spacial score (nSPS) is 21.2. The summed E-state index contributed by atoms with van der Waals surface area (Å²) in [6.45, 7) is 6.69. The average molecular weight is 358 g/mol. The Kier molecular flexibility index (Phi) is 3.78. The zero-order chi connectivity index (χ0) is 17.9. The Morgan fingerprint density at radius 3 is 2.24 bits per heavy atom. The third-order valence-corrected chi connectivity index (χ3v) is 6.62. The molecule has 0 saturated heterocycles. The van der Waals surface area contributed by atoms with Crippen LogP contribution < -0.4 is 4.90 Å². The first-order chi connectivity index (χ1) is 11.9. The van der Waals surface area contributed by atoms with Gasteiger partial charge in [0, 0.05) is 28.2 Å². The third-order valence-electron chi connectivity index (χ3n) is 6.37. The molecule has 1 atom stereocenters. The van der Waals surface area contributed by atoms with Crippen LogP contribution in [-0.2, 0) is 0 Å². The molecule has 4 heteroatoms. The van der Waals surface area contributed by atoms with E-state index in [2.05, 4.69) is 4.90 Å². The van der Waals surface area contributed by atoms with E-state index in [4.69, 9.17) is 11.6 Å². The molecule has 4 rings (SSSR count). The third kappa shape index (κ3) is 2.29. The van der Waals surface area contributed by atoms with Crippen LogP contribution in [0.3, 0.4) is 0 Å². The highest BCUT2D eigenvalue weighted by Gasteiger charge is 2.50. The monoisotopic (exact) mass is 357 g/mol. The highest BCUT2D eigenvalue weighted by Crippen LogP contribution is 2.59. The molecule has 3 nitrogen and oxygen atoms in total. The number of aliphatic hydroxyl groups is 1. The molecule has 2 aliphatic rings. The summed E-state index contributed by atoms with van der Waals surface area (Å²) >= 11 is 6.08. The van der Waals surface area contributed by atoms with Crippen molar-refractivity contribution in [2.45, 2.75) is 46.1 Å². The van der Waals surface area contributed by atoms with E-state index in [1.54, 1.807) is 0 Å². The van der Waals surface area contributed by atoms with Crippen LogP contribution in [0.5, 0.6) is 5.75 Å². The van der Waals surface area contributed by atoms with E-state index in [1.165, 1.54) is 0 Å². The second kappa shape index (κ2) is 5.65. The average Bonchev–Trinajstić information content (AvgIpc) is 2.57. The molecule has 0 bridgehead atoms. The Morgan fingerprint density at radius 1 is 1.04 bits per heavy atom. The van der Waals surface area contributed by atoms with Gasteiger partial charge < -0.3 is 15.1 Å². The summed E-state index contributed by atoms with van der Waals surface area (Å²) < 4.78 is 0. The number of benzene rings is 2. The molecule has 1 aliphatic carbocycles. The van der Waals surface area contributed by atoms with Crippen molar-refractivity contribution < 1.29 is 10.2 Å². The molecule has 1 heterocycles. The van der Waals surface area contributed by atoms with Gasteiger partial charge in [-0.25, -0.2) is 0 Å². The number of hydrogen-bond donors (Lipinski definition) is 2. The van der Waals surface area contributed by atoms with Crippen LogP contribution in [0.1, 0.15) is 47.6 Å². The summed E-state index contributed by atoms with van der Waals surface area (Å²) in [5.41, 5.74) is 5.60. The van der Waals surface area contributed by atoms with Gasteiger partial charge >= 0.3 is 0 Å². The number of anilines is 2. The number of aliphatic hydroxyl groups excluding tert-OH is 1. The number of phenolic OH excluding ortho intramolecular Hbond substituents is 1. The number of fused-ring (bicyclic) bond motifs is 1. The lowest BCUT2D eigenvalue weighted by Crippen LogP contribution is -2.49. The zero-order valence-electron chi connectivity index (χ0n) is 14.9. The smallest absolute Gasteiger partial charge is 0.122 e. The summed E-state index contributed by atoms with van der Waals surface area (Å²) in [5, 5.41) is 22.5. The number of phenols is 1. The molecular formula is C21H24ClNO2. The Balaban J connectivity index is 1.98. The zero-order valence-corrected chi connectivity index (χ0v) is 15.7. The second-order valence-electron chi connectivity index (χ2n) is 7.67. The minimum atomic E-state index is -0.523. The fraction of sp³-hybridized carbons (Fsp3) is 0.429. The number of hydrogen-bond acceptors (Lipinski definition) is 3. The summed E-state index contributed by atoms with van der Waals surface area (Å²) in [4.78, 5) is 2.31. The van der Waals surface area contributed by atoms with Crippen LogP contribution in [0.15, 0.2) is 24.3 Å². The molecule has 1 aliphatic heterocycles. The van der Waals surface area contributed by atoms with Gasteiger partial charge in [-0.3, -0.25) is 0 Å². The molecule has 132 valence electrons. The van der Waals surface area contributed by atoms with Crippen LogP contribution in [-0.4, -0.2) is 16.8 Å². The molecule has 2 aromatic rings. The topological polar surface area (TPSA) is 43.7 Å². The van der Waals surface area contributed by atoms with E-state index >= 15 is 0 Å². The van der Waals surface area contributed by atoms with Crippen LogP contribution in [0.25, 0.3) is 0 Å². The van der Waals surface area contributed by atoms with Gasteiger partial charge in [0.05, 0.1) is 11.8 Å². The molecule has 1 unspecified atom stereocenters. The minimum absolute atomic E-state index is 0.120. The Labute approximate surface area is 153 Å². The first kappa shape index (κ1) is 16.7. The second-order valence-corrected chi connectivity index (χ2v) is 8.10. The molecule has 1 saturated carbocycles. The van der Waals surface area contributed by atoms with E-state index in [-0.39, 0.29) is 5.41 Å². The quantitative estimate of drug-likeness (QED) is 0.725. The maximum Gasteiger partial charge on any atom is 0.122 e. The van der Waals surface area contributed by atoms with Crippen LogP contribution >= 0.6 is 11.6 Å². The van der Waals surface area contributed by atoms with Crippen molar-refractivity contribution >= 4 is 23.0 Å². The van der Waals surface area contributed by atoms with Crippen molar-refractivity contribution in [1.29, 1.82) is 0 Å². The number of rotatable bonds is 1. The van der Waals surface area contributed by atoms with Crippen molar-refractivity contribution in [3.8, 4) is 5.75 Å². The van der Waals surface area contributed by atoms with Gasteiger partial charge in [0.25, 0.3) is 0 Å². The minimum Gasteiger partial charge on any atom is -0.507 e. The Morgan fingerprint density at radius 2 is 1.68 bits per heavy atom. The molecule has 0 amide bonds. The molecule has 2 aromatic carbocycles. The van der Waals surface area contributed by atoms with Gasteiger partial charge in [-0.05, 0) is 74.6 Å². The van der Waals surface area contributed by atoms with Crippen LogP contribution in [0.4, 0.5) is 11.4 Å². The van der Waals surface area contributed by atoms with Gasteiger partial charge in [0.15, 0.2) is 0 Å². The first-order valence-corrected chi connectivity index (χ1v) is 9.27. The SMILES string of the molecule is Cc1c(C)c2c(c(C)c1O)C(O)C1(CCC1)CN2c1ccc(Cl)cc1. The number of aromatic hydroxyl groups is 1. The van der Waals surface area contributed by atoms with Crippen molar-refractivity contribution in [3.05, 3.63) is 51.5 Å². The largest absolute Gasteiger partial charge is 0.507 e. The maximum absolute atomic E-state index is 11.2. The molecule has 1 spiro atoms. The first-order valence-electron chi connectivity index (χ1n) is 8.89. The Bertz CT molecular complexity index is 840. The maximum atomic E-state index is 11.2. The highest BCUT2D eigenvalue weighted by atomic mass is 35.5. The number of nitrogens with zero attached hydrogens (tertiary/aromatic N) is 1. The summed E-state index contributed by atoms with van der Waals surface area (Å²) in [5.74, 6) is 0.308. The van der Waals surface area contributed by atoms with Gasteiger partial charge in [-0.15, -0.1) is 0 Å². The van der Waals surface area contributed by atoms with E-state index < -0.39 is 6.10 Å². The highest BCUT2D eigenvalue weighted by molar-refractivity contribution is 6.30. The predicted molar refractivity (Wildman–Crippen MR) is 102 cm³/mol. The van der Waals surface area contributed by atoms with Crippen molar-refractivity contribution in [2.24, 2.45) is 5.41 Å². The molecule has 0 radical (unpaired) electrons. The van der Waals surface area contributed by atoms with Gasteiger partial charge in [-0.1, -0.05) is 18.0 Å². The van der Waals surface area contributed by atoms with Gasteiger partial charge in [0.1, 0.15) is 5.75 Å². The van der Waals surface area contributed by atoms with Crippen LogP contribution in [0.2, 0.25) is 5.02 Å². The van der Waals surface area contributed by atoms with Crippen molar-refractivity contribution in [3.63, 3.8) is 0 Å². The summed E-state index contributed by atoms with van der Waals surface area (Å²) in [6.07, 6.45) is 2.66. The lowest BCUT2D eigenvalue weighted by atomic mass is 9.60. The molecular weight excluding hydrogens is 334 g/mol. The van der Waals surface area contributed by atoms with Crippen LogP contribution in [0, 0.1) is 26.2 Å². The fourth-order valence-corrected chi connectivity index (χ4v) is 4.64. The fourth-order valence-electron chi connectivity index (χ4n) is 4.52. The standard InChI is InChI=1S/C21H24ClNO2/c1-12-13(2)19(24)14(3)17-18(12)23(16-7-5-15(22)6-8-16)11-21(20(17)25)9-4-10-21/h5-8,20,24-25H,4,9-11H2,1-3H3. The van der Waals surface area contributed by atoms with E-state index in [0.29, 0.717) is 10.8 Å². The van der Waals surface area contributed by atoms with Gasteiger partial charge in [0.2, 0.25) is 0 Å². The van der Waals surface area contributed by atoms with E-state index in [0.717, 1.165) is 59.4 Å². The predicted octanol–water partition coefficient (Wildman–Crippen LogP) is 5.33. The molecule has 1 fully saturated rings. The Hall–Kier alpha value is -1.71. The van der Waals surface area contributed by atoms with Crippen molar-refractivity contribution in [2.75, 3.05) is 11.4 Å². The summed E-state index contributed by atoms with van der Waals surface area (Å²) in [6, 6.07) is 7.88. The molecule has 25 heavy (non-hydrogen) atoms. The molecule has 2 N–H and O–H groups in total. The van der Waals surface area contributed by atoms with E-state index in [9.17, 15) is 10.2 Å². The molecule has 0 aromatic heterocycles. The van der Waals surface area contributed by atoms with Gasteiger partial charge in [-0.2, -0.15) is 0 Å². The summed E-state index contributed by atoms with van der Waals surface area (Å²) in [7, 11) is 0. The lowest BCUT2D eigenvalue weighted by Gasteiger charge is -2.54. The van der Waals surface area contributed by atoms with Crippen molar-refractivity contribution in [1.82, 2.24) is 0 Å². The lowest BCUT2D eigenvalue weighted by molar-refractivity contribution is -0.0351. The van der Waals surface area contributed by atoms with E-state index in [1.807, 2.05) is 45.0 Å². The number of halogens is 1.